The lowest BCUT2D eigenvalue weighted by Gasteiger charge is -2.12. The molecule has 0 fully saturated rings. The Morgan fingerprint density at radius 2 is 1.96 bits per heavy atom. The lowest BCUT2D eigenvalue weighted by molar-refractivity contribution is 0.102. The molecular formula is C16H16N4O4. The summed E-state index contributed by atoms with van der Waals surface area (Å²) in [5.41, 5.74) is 1.32. The number of methoxy groups -OCH3 is 3. The van der Waals surface area contributed by atoms with E-state index in [2.05, 4.69) is 15.3 Å². The van der Waals surface area contributed by atoms with Crippen molar-refractivity contribution in [2.45, 2.75) is 0 Å². The minimum Gasteiger partial charge on any atom is -0.497 e. The van der Waals surface area contributed by atoms with Gasteiger partial charge in [0, 0.05) is 24.5 Å². The van der Waals surface area contributed by atoms with Gasteiger partial charge in [-0.05, 0) is 6.07 Å². The molecule has 24 heavy (non-hydrogen) atoms. The molecule has 1 N–H and O–H groups in total. The zero-order valence-corrected chi connectivity index (χ0v) is 13.4. The highest BCUT2D eigenvalue weighted by atomic mass is 16.5. The molecule has 0 aliphatic rings. The standard InChI is InChI=1S/C16H16N4O4/c1-22-10-5-7-20-11(9-18-13(20)8-10)15(21)19-14-12(23-2)4-6-17-16(14)24-3/h4-9H,1-3H3,(H,19,21). The zero-order chi connectivity index (χ0) is 17.1. The van der Waals surface area contributed by atoms with Crippen molar-refractivity contribution in [1.82, 2.24) is 14.4 Å². The normalized spacial score (nSPS) is 10.5. The maximum absolute atomic E-state index is 12.6. The van der Waals surface area contributed by atoms with E-state index >= 15 is 0 Å². The number of amides is 1. The second kappa shape index (κ2) is 6.45. The van der Waals surface area contributed by atoms with Crippen LogP contribution in [0.25, 0.3) is 5.65 Å². The van der Waals surface area contributed by atoms with E-state index in [1.54, 1.807) is 35.9 Å². The van der Waals surface area contributed by atoms with Gasteiger partial charge in [0.05, 0.1) is 27.5 Å². The molecule has 3 aromatic rings. The number of hydrogen-bond donors (Lipinski definition) is 1. The third-order valence-corrected chi connectivity index (χ3v) is 3.48. The molecule has 3 aromatic heterocycles. The van der Waals surface area contributed by atoms with Gasteiger partial charge in [-0.2, -0.15) is 0 Å². The SMILES string of the molecule is COc1ccn2c(C(=O)Nc3c(OC)ccnc3OC)cnc2c1. The van der Waals surface area contributed by atoms with Crippen LogP contribution in [0.1, 0.15) is 10.5 Å². The van der Waals surface area contributed by atoms with Crippen LogP contribution in [0.2, 0.25) is 0 Å². The van der Waals surface area contributed by atoms with Gasteiger partial charge in [0.2, 0.25) is 5.88 Å². The van der Waals surface area contributed by atoms with Crippen LogP contribution in [-0.4, -0.2) is 41.6 Å². The van der Waals surface area contributed by atoms with Gasteiger partial charge in [-0.3, -0.25) is 9.20 Å². The summed E-state index contributed by atoms with van der Waals surface area (Å²) in [7, 11) is 4.55. The second-order valence-electron chi connectivity index (χ2n) is 4.79. The number of carbonyl (C=O) groups excluding carboxylic acids is 1. The first kappa shape index (κ1) is 15.6. The molecule has 0 aromatic carbocycles. The molecule has 0 radical (unpaired) electrons. The molecule has 0 aliphatic heterocycles. The quantitative estimate of drug-likeness (QED) is 0.771. The molecule has 124 valence electrons. The summed E-state index contributed by atoms with van der Waals surface area (Å²) in [5.74, 6) is 1.01. The number of imidazole rings is 1. The Kier molecular flexibility index (Phi) is 4.19. The second-order valence-corrected chi connectivity index (χ2v) is 4.79. The summed E-state index contributed by atoms with van der Waals surface area (Å²) in [5, 5.41) is 2.76. The fourth-order valence-corrected chi connectivity index (χ4v) is 2.30. The van der Waals surface area contributed by atoms with Crippen molar-refractivity contribution in [3.8, 4) is 17.4 Å². The smallest absolute Gasteiger partial charge is 0.274 e. The number of ether oxygens (including phenoxy) is 3. The molecular weight excluding hydrogens is 312 g/mol. The third kappa shape index (κ3) is 2.69. The topological polar surface area (TPSA) is 87.0 Å². The van der Waals surface area contributed by atoms with Gasteiger partial charge < -0.3 is 19.5 Å². The molecule has 0 spiro atoms. The lowest BCUT2D eigenvalue weighted by atomic mass is 10.3. The molecule has 3 heterocycles. The number of carbonyl (C=O) groups is 1. The Hall–Kier alpha value is -3.29. The van der Waals surface area contributed by atoms with Crippen molar-refractivity contribution in [2.24, 2.45) is 0 Å². The molecule has 8 heteroatoms. The van der Waals surface area contributed by atoms with Gasteiger partial charge >= 0.3 is 0 Å². The highest BCUT2D eigenvalue weighted by Gasteiger charge is 2.18. The largest absolute Gasteiger partial charge is 0.497 e. The van der Waals surface area contributed by atoms with Gasteiger partial charge in [-0.1, -0.05) is 0 Å². The van der Waals surface area contributed by atoms with Crippen LogP contribution < -0.4 is 19.5 Å². The summed E-state index contributed by atoms with van der Waals surface area (Å²) >= 11 is 0. The highest BCUT2D eigenvalue weighted by molar-refractivity contribution is 6.05. The van der Waals surface area contributed by atoms with Crippen LogP contribution in [0.3, 0.4) is 0 Å². The van der Waals surface area contributed by atoms with Crippen LogP contribution in [-0.2, 0) is 0 Å². The van der Waals surface area contributed by atoms with E-state index in [4.69, 9.17) is 14.2 Å². The van der Waals surface area contributed by atoms with E-state index in [0.717, 1.165) is 0 Å². The maximum Gasteiger partial charge on any atom is 0.274 e. The maximum atomic E-state index is 12.6. The Morgan fingerprint density at radius 1 is 1.12 bits per heavy atom. The number of pyridine rings is 2. The predicted molar refractivity (Wildman–Crippen MR) is 87.0 cm³/mol. The van der Waals surface area contributed by atoms with E-state index < -0.39 is 0 Å². The Balaban J connectivity index is 1.96. The fraction of sp³-hybridized carbons (Fsp3) is 0.188. The van der Waals surface area contributed by atoms with Crippen molar-refractivity contribution < 1.29 is 19.0 Å². The molecule has 0 saturated heterocycles. The number of rotatable bonds is 5. The number of aromatic nitrogens is 3. The molecule has 0 bridgehead atoms. The van der Waals surface area contributed by atoms with E-state index in [-0.39, 0.29) is 11.8 Å². The minimum absolute atomic E-state index is 0.262. The third-order valence-electron chi connectivity index (χ3n) is 3.48. The van der Waals surface area contributed by atoms with Crippen LogP contribution in [0, 0.1) is 0 Å². The minimum atomic E-state index is -0.364. The highest BCUT2D eigenvalue weighted by Crippen LogP contribution is 2.32. The summed E-state index contributed by atoms with van der Waals surface area (Å²) in [6.07, 6.45) is 4.74. The summed E-state index contributed by atoms with van der Waals surface area (Å²) in [6.45, 7) is 0. The number of nitrogens with one attached hydrogen (secondary N) is 1. The predicted octanol–water partition coefficient (Wildman–Crippen LogP) is 2.01. The van der Waals surface area contributed by atoms with E-state index in [1.807, 2.05) is 0 Å². The number of fused-ring (bicyclic) bond motifs is 1. The average molecular weight is 328 g/mol. The lowest BCUT2D eigenvalue weighted by Crippen LogP contribution is -2.16. The fourth-order valence-electron chi connectivity index (χ4n) is 2.30. The number of anilines is 1. The molecule has 0 saturated carbocycles. The number of hydrogen-bond acceptors (Lipinski definition) is 6. The summed E-state index contributed by atoms with van der Waals surface area (Å²) in [4.78, 5) is 20.9. The van der Waals surface area contributed by atoms with Crippen LogP contribution >= 0.6 is 0 Å². The Labute approximate surface area is 138 Å². The first-order valence-corrected chi connectivity index (χ1v) is 7.07. The average Bonchev–Trinajstić information content (AvgIpc) is 3.04. The number of nitrogens with zero attached hydrogens (tertiary/aromatic N) is 3. The molecule has 0 aliphatic carbocycles. The van der Waals surface area contributed by atoms with Gasteiger partial charge in [0.25, 0.3) is 5.91 Å². The summed E-state index contributed by atoms with van der Waals surface area (Å²) < 4.78 is 17.2. The first-order valence-electron chi connectivity index (χ1n) is 7.07. The first-order chi connectivity index (χ1) is 11.7. The van der Waals surface area contributed by atoms with Gasteiger partial charge in [0.1, 0.15) is 28.5 Å². The van der Waals surface area contributed by atoms with Crippen LogP contribution in [0.15, 0.2) is 36.8 Å². The molecule has 0 unspecified atom stereocenters. The molecule has 0 atom stereocenters. The van der Waals surface area contributed by atoms with Gasteiger partial charge in [0.15, 0.2) is 0 Å². The Morgan fingerprint density at radius 3 is 2.67 bits per heavy atom. The monoisotopic (exact) mass is 328 g/mol. The van der Waals surface area contributed by atoms with Crippen molar-refractivity contribution in [3.05, 3.63) is 42.5 Å². The van der Waals surface area contributed by atoms with Gasteiger partial charge in [-0.15, -0.1) is 0 Å². The van der Waals surface area contributed by atoms with Gasteiger partial charge in [-0.25, -0.2) is 9.97 Å². The van der Waals surface area contributed by atoms with E-state index in [9.17, 15) is 4.79 Å². The molecule has 1 amide bonds. The van der Waals surface area contributed by atoms with Crippen molar-refractivity contribution >= 4 is 17.2 Å². The van der Waals surface area contributed by atoms with E-state index in [1.165, 1.54) is 26.6 Å². The Bertz CT molecular complexity index is 869. The van der Waals surface area contributed by atoms with Crippen LogP contribution in [0.4, 0.5) is 5.69 Å². The molecule has 8 nitrogen and oxygen atoms in total. The van der Waals surface area contributed by atoms with E-state index in [0.29, 0.717) is 28.5 Å². The van der Waals surface area contributed by atoms with Crippen molar-refractivity contribution in [1.29, 1.82) is 0 Å². The van der Waals surface area contributed by atoms with Crippen molar-refractivity contribution in [2.75, 3.05) is 26.6 Å². The van der Waals surface area contributed by atoms with Crippen LogP contribution in [0.5, 0.6) is 17.4 Å². The zero-order valence-electron chi connectivity index (χ0n) is 13.4. The van der Waals surface area contributed by atoms with Crippen molar-refractivity contribution in [3.63, 3.8) is 0 Å². The summed E-state index contributed by atoms with van der Waals surface area (Å²) in [6, 6.07) is 5.12. The molecule has 3 rings (SSSR count).